The summed E-state index contributed by atoms with van der Waals surface area (Å²) in [5.41, 5.74) is 0. The minimum absolute atomic E-state index is 0.337. The Morgan fingerprint density at radius 1 is 0.917 bits per heavy atom. The lowest BCUT2D eigenvalue weighted by Crippen LogP contribution is -2.00. The van der Waals surface area contributed by atoms with Gasteiger partial charge in [0.1, 0.15) is 10.1 Å². The lowest BCUT2D eigenvalue weighted by molar-refractivity contribution is -0.113. The molecule has 2 nitrogen and oxygen atoms in total. The summed E-state index contributed by atoms with van der Waals surface area (Å²) >= 11 is 10.8. The van der Waals surface area contributed by atoms with Gasteiger partial charge < -0.3 is 0 Å². The predicted octanol–water partition coefficient (Wildman–Crippen LogP) is 2.19. The zero-order valence-electron chi connectivity index (χ0n) is 6.14. The molecule has 0 saturated heterocycles. The van der Waals surface area contributed by atoms with E-state index in [0.717, 1.165) is 12.2 Å². The molecule has 0 N–H and O–H groups in total. The van der Waals surface area contributed by atoms with Crippen LogP contribution in [-0.2, 0) is 9.59 Å². The molecule has 4 heteroatoms. The van der Waals surface area contributed by atoms with E-state index in [2.05, 4.69) is 13.2 Å². The van der Waals surface area contributed by atoms with Crippen molar-refractivity contribution in [2.45, 2.75) is 0 Å². The Bertz CT molecular complexity index is 249. The van der Waals surface area contributed by atoms with Crippen molar-refractivity contribution in [1.82, 2.24) is 0 Å². The van der Waals surface area contributed by atoms with Crippen molar-refractivity contribution in [3.8, 4) is 0 Å². The normalized spacial score (nSPS) is 11.5. The molecule has 0 amide bonds. The third-order valence-electron chi connectivity index (χ3n) is 0.996. The maximum absolute atomic E-state index is 10.8. The van der Waals surface area contributed by atoms with Crippen LogP contribution in [0.5, 0.6) is 0 Å². The molecule has 0 bridgehead atoms. The molecule has 0 aliphatic heterocycles. The monoisotopic (exact) mass is 204 g/mol. The van der Waals surface area contributed by atoms with Gasteiger partial charge in [-0.3, -0.25) is 9.59 Å². The van der Waals surface area contributed by atoms with Crippen molar-refractivity contribution in [2.24, 2.45) is 0 Å². The molecule has 0 saturated carbocycles. The fourth-order valence-electron chi connectivity index (χ4n) is 0.396. The van der Waals surface area contributed by atoms with Crippen LogP contribution in [0.4, 0.5) is 0 Å². The number of rotatable bonds is 4. The highest BCUT2D eigenvalue weighted by Gasteiger charge is 2.12. The molecular formula is C8H6Cl2O2. The summed E-state index contributed by atoms with van der Waals surface area (Å²) in [5.74, 6) is -1.17. The van der Waals surface area contributed by atoms with Gasteiger partial charge in [0.15, 0.2) is 11.6 Å². The van der Waals surface area contributed by atoms with Crippen LogP contribution in [0, 0.1) is 0 Å². The first-order chi connectivity index (χ1) is 5.54. The summed E-state index contributed by atoms with van der Waals surface area (Å²) in [6.45, 7) is 6.37. The molecule has 0 atom stereocenters. The van der Waals surface area contributed by atoms with Crippen molar-refractivity contribution in [3.63, 3.8) is 0 Å². The number of halogens is 2. The van der Waals surface area contributed by atoms with E-state index in [1.165, 1.54) is 0 Å². The maximum Gasteiger partial charge on any atom is 0.198 e. The number of hydrogen-bond donors (Lipinski definition) is 0. The molecule has 0 rings (SSSR count). The summed E-state index contributed by atoms with van der Waals surface area (Å²) < 4.78 is 0. The third-order valence-corrected chi connectivity index (χ3v) is 1.84. The van der Waals surface area contributed by atoms with Crippen LogP contribution in [0.15, 0.2) is 35.4 Å². The lowest BCUT2D eigenvalue weighted by Gasteiger charge is -1.94. The van der Waals surface area contributed by atoms with E-state index in [1.807, 2.05) is 0 Å². The van der Waals surface area contributed by atoms with Crippen LogP contribution in [-0.4, -0.2) is 11.6 Å². The number of hydrogen-bond acceptors (Lipinski definition) is 2. The van der Waals surface area contributed by atoms with Crippen molar-refractivity contribution in [3.05, 3.63) is 35.4 Å². The molecule has 0 aliphatic rings. The highest BCUT2D eigenvalue weighted by atomic mass is 35.5. The quantitative estimate of drug-likeness (QED) is 0.659. The first-order valence-electron chi connectivity index (χ1n) is 2.93. The molecule has 12 heavy (non-hydrogen) atoms. The van der Waals surface area contributed by atoms with Crippen molar-refractivity contribution in [2.75, 3.05) is 0 Å². The van der Waals surface area contributed by atoms with E-state index in [1.54, 1.807) is 0 Å². The topological polar surface area (TPSA) is 34.1 Å². The smallest absolute Gasteiger partial charge is 0.198 e. The molecule has 64 valence electrons. The Morgan fingerprint density at radius 3 is 1.33 bits per heavy atom. The van der Waals surface area contributed by atoms with Gasteiger partial charge in [-0.25, -0.2) is 0 Å². The SMILES string of the molecule is C=CC(=O)/C(Cl)=C(/Cl)C(=O)C=C. The second-order valence-corrected chi connectivity index (χ2v) is 2.52. The van der Waals surface area contributed by atoms with Gasteiger partial charge in [-0.15, -0.1) is 0 Å². The summed E-state index contributed by atoms with van der Waals surface area (Å²) in [5, 5.41) is -0.673. The van der Waals surface area contributed by atoms with E-state index in [0.29, 0.717) is 0 Å². The number of carbonyl (C=O) groups is 2. The van der Waals surface area contributed by atoms with E-state index in [-0.39, 0.29) is 10.1 Å². The van der Waals surface area contributed by atoms with Gasteiger partial charge >= 0.3 is 0 Å². The van der Waals surface area contributed by atoms with Gasteiger partial charge in [0, 0.05) is 0 Å². The Morgan fingerprint density at radius 2 is 1.17 bits per heavy atom. The van der Waals surface area contributed by atoms with E-state index in [9.17, 15) is 9.59 Å². The van der Waals surface area contributed by atoms with Crippen molar-refractivity contribution < 1.29 is 9.59 Å². The van der Waals surface area contributed by atoms with Crippen molar-refractivity contribution >= 4 is 34.8 Å². The fraction of sp³-hybridized carbons (Fsp3) is 0. The summed E-state index contributed by atoms with van der Waals surface area (Å²) in [6.07, 6.45) is 1.95. The molecule has 0 aromatic carbocycles. The Kier molecular flexibility index (Phi) is 4.55. The van der Waals surface area contributed by atoms with E-state index < -0.39 is 11.6 Å². The van der Waals surface area contributed by atoms with Gasteiger partial charge in [0.05, 0.1) is 0 Å². The van der Waals surface area contributed by atoms with Gasteiger partial charge in [-0.05, 0) is 12.2 Å². The average molecular weight is 205 g/mol. The van der Waals surface area contributed by atoms with Gasteiger partial charge in [-0.1, -0.05) is 36.4 Å². The number of allylic oxidation sites excluding steroid dienone is 4. The number of ketones is 2. The standard InChI is InChI=1S/C8H6Cl2O2/c1-3-5(11)7(9)8(10)6(12)4-2/h3-4H,1-2H2/b8-7-. The summed E-state index contributed by atoms with van der Waals surface area (Å²) in [7, 11) is 0. The zero-order chi connectivity index (χ0) is 9.72. The minimum atomic E-state index is -0.586. The highest BCUT2D eigenvalue weighted by Crippen LogP contribution is 2.16. The zero-order valence-corrected chi connectivity index (χ0v) is 7.65. The molecule has 0 radical (unpaired) electrons. The molecule has 0 fully saturated rings. The second kappa shape index (κ2) is 4.91. The average Bonchev–Trinajstić information content (AvgIpc) is 2.12. The van der Waals surface area contributed by atoms with Crippen molar-refractivity contribution in [1.29, 1.82) is 0 Å². The van der Waals surface area contributed by atoms with Gasteiger partial charge in [-0.2, -0.15) is 0 Å². The van der Waals surface area contributed by atoms with E-state index in [4.69, 9.17) is 23.2 Å². The van der Waals surface area contributed by atoms with Crippen LogP contribution < -0.4 is 0 Å². The first kappa shape index (κ1) is 11.1. The third kappa shape index (κ3) is 2.64. The summed E-state index contributed by atoms with van der Waals surface area (Å²) in [6, 6.07) is 0. The molecule has 0 aromatic rings. The minimum Gasteiger partial charge on any atom is -0.288 e. The predicted molar refractivity (Wildman–Crippen MR) is 49.1 cm³/mol. The van der Waals surface area contributed by atoms with Gasteiger partial charge in [0.2, 0.25) is 0 Å². The Labute approximate surface area is 80.2 Å². The van der Waals surface area contributed by atoms with Crippen LogP contribution in [0.3, 0.4) is 0 Å². The molecule has 0 unspecified atom stereocenters. The molecule has 0 aliphatic carbocycles. The maximum atomic E-state index is 10.8. The molecule has 0 heterocycles. The fourth-order valence-corrected chi connectivity index (χ4v) is 0.736. The van der Waals surface area contributed by atoms with Gasteiger partial charge in [0.25, 0.3) is 0 Å². The van der Waals surface area contributed by atoms with Crippen LogP contribution in [0.25, 0.3) is 0 Å². The van der Waals surface area contributed by atoms with Crippen LogP contribution in [0.1, 0.15) is 0 Å². The summed E-state index contributed by atoms with van der Waals surface area (Å²) in [4.78, 5) is 21.6. The Hall–Kier alpha value is -0.860. The largest absolute Gasteiger partial charge is 0.288 e. The van der Waals surface area contributed by atoms with E-state index >= 15 is 0 Å². The molecule has 0 spiro atoms. The molecule has 0 aromatic heterocycles. The second-order valence-electron chi connectivity index (χ2n) is 1.76. The van der Waals surface area contributed by atoms with Crippen LogP contribution >= 0.6 is 23.2 Å². The molecular weight excluding hydrogens is 199 g/mol. The first-order valence-corrected chi connectivity index (χ1v) is 3.69. The van der Waals surface area contributed by atoms with Crippen LogP contribution in [0.2, 0.25) is 0 Å². The highest BCUT2D eigenvalue weighted by molar-refractivity contribution is 6.55. The number of carbonyl (C=O) groups excluding carboxylic acids is 2. The lowest BCUT2D eigenvalue weighted by atomic mass is 10.3. The Balaban J connectivity index is 4.92.